The first kappa shape index (κ1) is 19.5. The van der Waals surface area contributed by atoms with E-state index in [-0.39, 0.29) is 12.3 Å². The molecule has 0 aliphatic carbocycles. The second-order valence-corrected chi connectivity index (χ2v) is 8.37. The maximum Gasteiger partial charge on any atom is 0.215 e. The number of nitrogens with zero attached hydrogens (tertiary/aromatic N) is 3. The van der Waals surface area contributed by atoms with Crippen LogP contribution in [0.3, 0.4) is 0 Å². The lowest BCUT2D eigenvalue weighted by atomic mass is 10.2. The summed E-state index contributed by atoms with van der Waals surface area (Å²) in [5, 5.41) is 3.13. The Balaban J connectivity index is 1.51. The molecule has 0 amide bonds. The van der Waals surface area contributed by atoms with Crippen LogP contribution < -0.4 is 14.9 Å². The fourth-order valence-corrected chi connectivity index (χ4v) is 4.18. The SMILES string of the molecule is Cc1nc(NCCNS(=O)(=O)Cc2cccc(F)c2)cc(N2CCCC2)n1. The minimum Gasteiger partial charge on any atom is -0.369 e. The molecule has 0 bridgehead atoms. The molecule has 0 atom stereocenters. The highest BCUT2D eigenvalue weighted by molar-refractivity contribution is 7.88. The van der Waals surface area contributed by atoms with Crippen molar-refractivity contribution >= 4 is 21.7 Å². The molecule has 2 N–H and O–H groups in total. The van der Waals surface area contributed by atoms with Gasteiger partial charge in [0, 0.05) is 32.2 Å². The van der Waals surface area contributed by atoms with Crippen molar-refractivity contribution in [3.05, 3.63) is 47.5 Å². The molecule has 9 heteroatoms. The van der Waals surface area contributed by atoms with E-state index in [9.17, 15) is 12.8 Å². The number of nitrogens with one attached hydrogen (secondary N) is 2. The smallest absolute Gasteiger partial charge is 0.215 e. The molecule has 27 heavy (non-hydrogen) atoms. The second kappa shape index (κ2) is 8.62. The fraction of sp³-hybridized carbons (Fsp3) is 0.444. The Kier molecular flexibility index (Phi) is 6.22. The normalized spacial score (nSPS) is 14.5. The van der Waals surface area contributed by atoms with Gasteiger partial charge in [0.1, 0.15) is 23.3 Å². The predicted molar refractivity (Wildman–Crippen MR) is 104 cm³/mol. The van der Waals surface area contributed by atoms with Crippen LogP contribution in [-0.2, 0) is 15.8 Å². The van der Waals surface area contributed by atoms with E-state index < -0.39 is 15.8 Å². The van der Waals surface area contributed by atoms with Gasteiger partial charge in [-0.25, -0.2) is 27.5 Å². The van der Waals surface area contributed by atoms with Gasteiger partial charge < -0.3 is 10.2 Å². The minimum atomic E-state index is -3.53. The average molecular weight is 393 g/mol. The van der Waals surface area contributed by atoms with Crippen molar-refractivity contribution in [3.63, 3.8) is 0 Å². The largest absolute Gasteiger partial charge is 0.369 e. The Morgan fingerprint density at radius 1 is 1.15 bits per heavy atom. The van der Waals surface area contributed by atoms with Crippen LogP contribution in [0, 0.1) is 12.7 Å². The number of aromatic nitrogens is 2. The Morgan fingerprint density at radius 3 is 2.67 bits per heavy atom. The number of rotatable bonds is 8. The molecular weight excluding hydrogens is 369 g/mol. The summed E-state index contributed by atoms with van der Waals surface area (Å²) >= 11 is 0. The zero-order valence-corrected chi connectivity index (χ0v) is 16.1. The van der Waals surface area contributed by atoms with Crippen LogP contribution in [0.1, 0.15) is 24.2 Å². The van der Waals surface area contributed by atoms with Gasteiger partial charge in [-0.15, -0.1) is 0 Å². The summed E-state index contributed by atoms with van der Waals surface area (Å²) in [4.78, 5) is 11.0. The lowest BCUT2D eigenvalue weighted by Crippen LogP contribution is -2.30. The van der Waals surface area contributed by atoms with Crippen LogP contribution >= 0.6 is 0 Å². The highest BCUT2D eigenvalue weighted by Gasteiger charge is 2.15. The lowest BCUT2D eigenvalue weighted by molar-refractivity contribution is 0.581. The van der Waals surface area contributed by atoms with Gasteiger partial charge in [-0.05, 0) is 37.5 Å². The van der Waals surface area contributed by atoms with E-state index in [1.807, 2.05) is 13.0 Å². The molecule has 1 aromatic heterocycles. The van der Waals surface area contributed by atoms with Crippen LogP contribution in [0.4, 0.5) is 16.0 Å². The molecule has 146 valence electrons. The van der Waals surface area contributed by atoms with Gasteiger partial charge in [-0.3, -0.25) is 0 Å². The molecule has 1 fully saturated rings. The summed E-state index contributed by atoms with van der Waals surface area (Å²) in [5.41, 5.74) is 0.414. The van der Waals surface area contributed by atoms with E-state index in [1.54, 1.807) is 6.07 Å². The van der Waals surface area contributed by atoms with E-state index in [0.717, 1.165) is 18.9 Å². The zero-order valence-electron chi connectivity index (χ0n) is 15.3. The Labute approximate surface area is 159 Å². The van der Waals surface area contributed by atoms with Gasteiger partial charge in [0.25, 0.3) is 0 Å². The van der Waals surface area contributed by atoms with E-state index in [1.165, 1.54) is 31.0 Å². The molecule has 1 aliphatic heterocycles. The molecular formula is C18H24FN5O2S. The molecule has 1 saturated heterocycles. The summed E-state index contributed by atoms with van der Waals surface area (Å²) < 4.78 is 39.9. The van der Waals surface area contributed by atoms with Gasteiger partial charge in [0.05, 0.1) is 5.75 Å². The van der Waals surface area contributed by atoms with Crippen molar-refractivity contribution in [2.45, 2.75) is 25.5 Å². The van der Waals surface area contributed by atoms with Crippen molar-refractivity contribution in [2.24, 2.45) is 0 Å². The number of sulfonamides is 1. The summed E-state index contributed by atoms with van der Waals surface area (Å²) in [6.07, 6.45) is 2.33. The summed E-state index contributed by atoms with van der Waals surface area (Å²) in [6.45, 7) is 4.43. The van der Waals surface area contributed by atoms with Crippen LogP contribution in [0.2, 0.25) is 0 Å². The standard InChI is InChI=1S/C18H24FN5O2S/c1-14-22-17(12-18(23-14)24-9-2-3-10-24)20-7-8-21-27(25,26)13-15-5-4-6-16(19)11-15/h4-6,11-12,21H,2-3,7-10,13H2,1H3,(H,20,22,23). The van der Waals surface area contributed by atoms with E-state index >= 15 is 0 Å². The number of anilines is 2. The summed E-state index contributed by atoms with van der Waals surface area (Å²) in [7, 11) is -3.53. The van der Waals surface area contributed by atoms with Gasteiger partial charge in [-0.1, -0.05) is 12.1 Å². The third-order valence-corrected chi connectivity index (χ3v) is 5.61. The second-order valence-electron chi connectivity index (χ2n) is 6.56. The average Bonchev–Trinajstić information content (AvgIpc) is 3.13. The molecule has 3 rings (SSSR count). The first-order valence-electron chi connectivity index (χ1n) is 8.97. The third kappa shape index (κ3) is 5.86. The molecule has 2 heterocycles. The first-order chi connectivity index (χ1) is 12.9. The Morgan fingerprint density at radius 2 is 1.93 bits per heavy atom. The molecule has 0 unspecified atom stereocenters. The molecule has 2 aromatic rings. The zero-order chi connectivity index (χ0) is 19.3. The van der Waals surface area contributed by atoms with Gasteiger partial charge in [0.2, 0.25) is 10.0 Å². The van der Waals surface area contributed by atoms with Crippen molar-refractivity contribution in [1.82, 2.24) is 14.7 Å². The maximum atomic E-state index is 13.2. The maximum absolute atomic E-state index is 13.2. The number of halogens is 1. The molecule has 0 radical (unpaired) electrons. The monoisotopic (exact) mass is 393 g/mol. The van der Waals surface area contributed by atoms with Gasteiger partial charge >= 0.3 is 0 Å². The van der Waals surface area contributed by atoms with Crippen LogP contribution in [-0.4, -0.2) is 44.6 Å². The number of aryl methyl sites for hydroxylation is 1. The topological polar surface area (TPSA) is 87.2 Å². The first-order valence-corrected chi connectivity index (χ1v) is 10.6. The molecule has 0 saturated carbocycles. The van der Waals surface area contributed by atoms with E-state index in [0.29, 0.717) is 23.8 Å². The van der Waals surface area contributed by atoms with Gasteiger partial charge in [0.15, 0.2) is 0 Å². The number of hydrogen-bond acceptors (Lipinski definition) is 6. The third-order valence-electron chi connectivity index (χ3n) is 4.25. The minimum absolute atomic E-state index is 0.208. The summed E-state index contributed by atoms with van der Waals surface area (Å²) in [6, 6.07) is 7.48. The fourth-order valence-electron chi connectivity index (χ4n) is 3.05. The van der Waals surface area contributed by atoms with Crippen molar-refractivity contribution in [1.29, 1.82) is 0 Å². The molecule has 1 aromatic carbocycles. The van der Waals surface area contributed by atoms with E-state index in [2.05, 4.69) is 24.9 Å². The van der Waals surface area contributed by atoms with Gasteiger partial charge in [-0.2, -0.15) is 0 Å². The number of benzene rings is 1. The highest BCUT2D eigenvalue weighted by atomic mass is 32.2. The molecule has 1 aliphatic rings. The Bertz CT molecular complexity index is 885. The van der Waals surface area contributed by atoms with Crippen LogP contribution in [0.5, 0.6) is 0 Å². The predicted octanol–water partition coefficient (Wildman–Crippen LogP) is 2.06. The lowest BCUT2D eigenvalue weighted by Gasteiger charge is -2.17. The van der Waals surface area contributed by atoms with Crippen molar-refractivity contribution in [2.75, 3.05) is 36.4 Å². The quantitative estimate of drug-likeness (QED) is 0.668. The molecule has 0 spiro atoms. The van der Waals surface area contributed by atoms with Crippen molar-refractivity contribution < 1.29 is 12.8 Å². The van der Waals surface area contributed by atoms with E-state index in [4.69, 9.17) is 0 Å². The highest BCUT2D eigenvalue weighted by Crippen LogP contribution is 2.20. The summed E-state index contributed by atoms with van der Waals surface area (Å²) in [5.74, 6) is 1.55. The molecule has 7 nitrogen and oxygen atoms in total. The van der Waals surface area contributed by atoms with Crippen molar-refractivity contribution in [3.8, 4) is 0 Å². The van der Waals surface area contributed by atoms with Crippen LogP contribution in [0.25, 0.3) is 0 Å². The number of hydrogen-bond donors (Lipinski definition) is 2. The Hall–Kier alpha value is -2.26. The van der Waals surface area contributed by atoms with Crippen LogP contribution in [0.15, 0.2) is 30.3 Å².